The van der Waals surface area contributed by atoms with Crippen molar-refractivity contribution in [3.63, 3.8) is 0 Å². The highest BCUT2D eigenvalue weighted by atomic mass is 16.5. The Labute approximate surface area is 103 Å². The molecule has 18 heavy (non-hydrogen) atoms. The number of ether oxygens (including phenoxy) is 1. The van der Waals surface area contributed by atoms with Crippen molar-refractivity contribution in [1.29, 1.82) is 0 Å². The fraction of sp³-hybridized carbons (Fsp3) is 0.0769. The Bertz CT molecular complexity index is 597. The molecule has 0 saturated carbocycles. The fourth-order valence-electron chi connectivity index (χ4n) is 1.54. The minimum absolute atomic E-state index is 0.0726. The SMILES string of the molecule is COC(=O)c1ccc(-c2ccc(C=O)o2)cc1O. The van der Waals surface area contributed by atoms with Crippen molar-refractivity contribution in [2.75, 3.05) is 7.11 Å². The van der Waals surface area contributed by atoms with Crippen LogP contribution in [-0.4, -0.2) is 24.5 Å². The molecule has 0 aliphatic rings. The van der Waals surface area contributed by atoms with Gasteiger partial charge in [-0.3, -0.25) is 4.79 Å². The maximum Gasteiger partial charge on any atom is 0.341 e. The summed E-state index contributed by atoms with van der Waals surface area (Å²) in [5.74, 6) is -0.194. The Balaban J connectivity index is 2.39. The highest BCUT2D eigenvalue weighted by molar-refractivity contribution is 5.93. The molecule has 0 saturated heterocycles. The lowest BCUT2D eigenvalue weighted by Gasteiger charge is -2.04. The maximum absolute atomic E-state index is 11.3. The van der Waals surface area contributed by atoms with Gasteiger partial charge in [0.25, 0.3) is 0 Å². The predicted molar refractivity (Wildman–Crippen MR) is 62.5 cm³/mol. The van der Waals surface area contributed by atoms with E-state index in [1.807, 2.05) is 0 Å². The summed E-state index contributed by atoms with van der Waals surface area (Å²) in [4.78, 5) is 21.8. The zero-order chi connectivity index (χ0) is 13.1. The molecule has 0 fully saturated rings. The Morgan fingerprint density at radius 3 is 2.67 bits per heavy atom. The fourth-order valence-corrected chi connectivity index (χ4v) is 1.54. The van der Waals surface area contributed by atoms with Gasteiger partial charge in [0.1, 0.15) is 17.1 Å². The van der Waals surface area contributed by atoms with Crippen molar-refractivity contribution in [2.45, 2.75) is 0 Å². The molecule has 0 aliphatic heterocycles. The van der Waals surface area contributed by atoms with E-state index in [4.69, 9.17) is 4.42 Å². The number of hydrogen-bond donors (Lipinski definition) is 1. The summed E-state index contributed by atoms with van der Waals surface area (Å²) >= 11 is 0. The van der Waals surface area contributed by atoms with Crippen LogP contribution in [0.4, 0.5) is 0 Å². The van der Waals surface area contributed by atoms with Crippen LogP contribution in [0.15, 0.2) is 34.7 Å². The van der Waals surface area contributed by atoms with Crippen LogP contribution in [0.5, 0.6) is 5.75 Å². The summed E-state index contributed by atoms with van der Waals surface area (Å²) in [5, 5.41) is 9.71. The second-order valence-corrected chi connectivity index (χ2v) is 3.54. The summed E-state index contributed by atoms with van der Waals surface area (Å²) in [5.41, 5.74) is 0.636. The molecule has 0 aliphatic carbocycles. The predicted octanol–water partition coefficient (Wildman–Crippen LogP) is 2.25. The number of hydrogen-bond acceptors (Lipinski definition) is 5. The van der Waals surface area contributed by atoms with Crippen LogP contribution in [0.3, 0.4) is 0 Å². The van der Waals surface area contributed by atoms with Crippen LogP contribution in [0, 0.1) is 0 Å². The monoisotopic (exact) mass is 246 g/mol. The van der Waals surface area contributed by atoms with Gasteiger partial charge >= 0.3 is 5.97 Å². The van der Waals surface area contributed by atoms with Crippen molar-refractivity contribution in [1.82, 2.24) is 0 Å². The molecule has 0 atom stereocenters. The maximum atomic E-state index is 11.3. The van der Waals surface area contributed by atoms with E-state index in [9.17, 15) is 14.7 Å². The number of phenolic OH excluding ortho intramolecular Hbond substituents is 1. The minimum atomic E-state index is -0.618. The van der Waals surface area contributed by atoms with Gasteiger partial charge in [0.15, 0.2) is 12.0 Å². The van der Waals surface area contributed by atoms with Gasteiger partial charge in [0.05, 0.1) is 7.11 Å². The number of benzene rings is 1. The number of rotatable bonds is 3. The first-order valence-electron chi connectivity index (χ1n) is 5.12. The Hall–Kier alpha value is -2.56. The molecule has 1 aromatic carbocycles. The van der Waals surface area contributed by atoms with E-state index >= 15 is 0 Å². The average Bonchev–Trinajstić information content (AvgIpc) is 2.86. The third kappa shape index (κ3) is 2.10. The summed E-state index contributed by atoms with van der Waals surface area (Å²) < 4.78 is 9.72. The lowest BCUT2D eigenvalue weighted by Crippen LogP contribution is -2.01. The smallest absolute Gasteiger partial charge is 0.341 e. The van der Waals surface area contributed by atoms with Gasteiger partial charge in [0.2, 0.25) is 0 Å². The first-order chi connectivity index (χ1) is 8.65. The number of carbonyl (C=O) groups excluding carboxylic acids is 2. The van der Waals surface area contributed by atoms with Crippen LogP contribution in [0.1, 0.15) is 20.9 Å². The summed E-state index contributed by atoms with van der Waals surface area (Å²) in [6.45, 7) is 0. The number of aromatic hydroxyl groups is 1. The van der Waals surface area contributed by atoms with Gasteiger partial charge in [-0.25, -0.2) is 4.79 Å². The van der Waals surface area contributed by atoms with Crippen LogP contribution < -0.4 is 0 Å². The normalized spacial score (nSPS) is 10.1. The van der Waals surface area contributed by atoms with E-state index in [1.165, 1.54) is 25.3 Å². The van der Waals surface area contributed by atoms with E-state index < -0.39 is 5.97 Å². The highest BCUT2D eigenvalue weighted by Crippen LogP contribution is 2.28. The Morgan fingerprint density at radius 1 is 1.33 bits per heavy atom. The molecule has 92 valence electrons. The number of carbonyl (C=O) groups is 2. The number of phenols is 1. The standard InChI is InChI=1S/C13H10O5/c1-17-13(16)10-4-2-8(6-11(10)15)12-5-3-9(7-14)18-12/h2-7,15H,1H3. The second-order valence-electron chi connectivity index (χ2n) is 3.54. The lowest BCUT2D eigenvalue weighted by molar-refractivity contribution is 0.0597. The third-order valence-electron chi connectivity index (χ3n) is 2.43. The van der Waals surface area contributed by atoms with Crippen LogP contribution >= 0.6 is 0 Å². The molecular formula is C13H10O5. The number of esters is 1. The van der Waals surface area contributed by atoms with Gasteiger partial charge in [0, 0.05) is 5.56 Å². The Kier molecular flexibility index (Phi) is 3.14. The van der Waals surface area contributed by atoms with Crippen molar-refractivity contribution < 1.29 is 23.8 Å². The van der Waals surface area contributed by atoms with E-state index in [1.54, 1.807) is 12.1 Å². The molecule has 0 radical (unpaired) electrons. The highest BCUT2D eigenvalue weighted by Gasteiger charge is 2.13. The number of aldehydes is 1. The van der Waals surface area contributed by atoms with Gasteiger partial charge in [-0.05, 0) is 24.3 Å². The van der Waals surface area contributed by atoms with Crippen molar-refractivity contribution in [3.8, 4) is 17.1 Å². The molecule has 1 aromatic heterocycles. The molecule has 0 spiro atoms. The molecule has 2 aromatic rings. The molecule has 5 nitrogen and oxygen atoms in total. The molecule has 0 bridgehead atoms. The van der Waals surface area contributed by atoms with E-state index in [0.717, 1.165) is 0 Å². The summed E-state index contributed by atoms with van der Waals surface area (Å²) in [6, 6.07) is 7.53. The second kappa shape index (κ2) is 4.75. The molecule has 1 N–H and O–H groups in total. The molecule has 2 rings (SSSR count). The summed E-state index contributed by atoms with van der Waals surface area (Å²) in [7, 11) is 1.23. The topological polar surface area (TPSA) is 76.7 Å². The largest absolute Gasteiger partial charge is 0.507 e. The lowest BCUT2D eigenvalue weighted by atomic mass is 10.1. The van der Waals surface area contributed by atoms with Crippen molar-refractivity contribution >= 4 is 12.3 Å². The van der Waals surface area contributed by atoms with Crippen LogP contribution in [0.25, 0.3) is 11.3 Å². The molecule has 0 amide bonds. The van der Waals surface area contributed by atoms with E-state index in [2.05, 4.69) is 4.74 Å². The molecule has 0 unspecified atom stereocenters. The van der Waals surface area contributed by atoms with E-state index in [0.29, 0.717) is 17.6 Å². The van der Waals surface area contributed by atoms with Crippen molar-refractivity contribution in [3.05, 3.63) is 41.7 Å². The Morgan fingerprint density at radius 2 is 2.11 bits per heavy atom. The van der Waals surface area contributed by atoms with Gasteiger partial charge in [-0.2, -0.15) is 0 Å². The number of furan rings is 1. The van der Waals surface area contributed by atoms with Crippen LogP contribution in [-0.2, 0) is 4.74 Å². The zero-order valence-electron chi connectivity index (χ0n) is 9.54. The molecule has 5 heteroatoms. The molecule has 1 heterocycles. The quantitative estimate of drug-likeness (QED) is 0.663. The third-order valence-corrected chi connectivity index (χ3v) is 2.43. The first-order valence-corrected chi connectivity index (χ1v) is 5.12. The first kappa shape index (κ1) is 11.9. The zero-order valence-corrected chi connectivity index (χ0v) is 9.54. The van der Waals surface area contributed by atoms with Gasteiger partial charge < -0.3 is 14.3 Å². The van der Waals surface area contributed by atoms with Crippen molar-refractivity contribution in [2.24, 2.45) is 0 Å². The number of methoxy groups -OCH3 is 1. The van der Waals surface area contributed by atoms with Crippen LogP contribution in [0.2, 0.25) is 0 Å². The van der Waals surface area contributed by atoms with Gasteiger partial charge in [-0.1, -0.05) is 6.07 Å². The summed E-state index contributed by atoms with van der Waals surface area (Å²) in [6.07, 6.45) is 0.589. The van der Waals surface area contributed by atoms with E-state index in [-0.39, 0.29) is 17.1 Å². The van der Waals surface area contributed by atoms with Gasteiger partial charge in [-0.15, -0.1) is 0 Å². The molecular weight excluding hydrogens is 236 g/mol. The minimum Gasteiger partial charge on any atom is -0.507 e. The average molecular weight is 246 g/mol.